The van der Waals surface area contributed by atoms with Crippen molar-refractivity contribution in [3.63, 3.8) is 0 Å². The van der Waals surface area contributed by atoms with Crippen molar-refractivity contribution < 1.29 is 0 Å². The number of aryl methyl sites for hydroxylation is 1. The predicted molar refractivity (Wildman–Crippen MR) is 79.2 cm³/mol. The molecule has 0 N–H and O–H groups in total. The van der Waals surface area contributed by atoms with Crippen LogP contribution >= 0.6 is 0 Å². The largest absolute Gasteiger partial charge is 0.0991 e. The Balaban J connectivity index is 3.81. The third-order valence-corrected chi connectivity index (χ3v) is 2.96. The summed E-state index contributed by atoms with van der Waals surface area (Å²) in [5.74, 6) is 0. The first-order valence-electron chi connectivity index (χ1n) is 5.84. The molecular formula is C17H20. The fourth-order valence-electron chi connectivity index (χ4n) is 1.91. The minimum atomic E-state index is 1.23. The average Bonchev–Trinajstić information content (AvgIpc) is 2.33. The molecule has 0 nitrogen and oxygen atoms in total. The molecule has 1 aromatic rings. The molecule has 0 bridgehead atoms. The highest BCUT2D eigenvalue weighted by Gasteiger charge is 2.01. The Morgan fingerprint density at radius 2 is 1.82 bits per heavy atom. The third-order valence-electron chi connectivity index (χ3n) is 2.96. The molecule has 0 aromatic heterocycles. The highest BCUT2D eigenvalue weighted by atomic mass is 14.1. The molecule has 0 radical (unpaired) electrons. The van der Waals surface area contributed by atoms with Crippen LogP contribution in [0.2, 0.25) is 0 Å². The zero-order valence-electron chi connectivity index (χ0n) is 11.0. The third kappa shape index (κ3) is 2.85. The number of rotatable bonds is 3. The van der Waals surface area contributed by atoms with Crippen molar-refractivity contribution in [2.45, 2.75) is 20.8 Å². The Morgan fingerprint density at radius 3 is 2.35 bits per heavy atom. The Labute approximate surface area is 104 Å². The fourth-order valence-corrected chi connectivity index (χ4v) is 1.91. The summed E-state index contributed by atoms with van der Waals surface area (Å²) >= 11 is 0. The average molecular weight is 224 g/mol. The van der Waals surface area contributed by atoms with Gasteiger partial charge in [0.1, 0.15) is 0 Å². The molecular weight excluding hydrogens is 204 g/mol. The van der Waals surface area contributed by atoms with Crippen molar-refractivity contribution >= 4 is 18.2 Å². The van der Waals surface area contributed by atoms with E-state index in [0.717, 1.165) is 0 Å². The second-order valence-corrected chi connectivity index (χ2v) is 4.02. The Kier molecular flexibility index (Phi) is 4.71. The van der Waals surface area contributed by atoms with E-state index in [1.165, 1.54) is 27.1 Å². The second kappa shape index (κ2) is 6.05. The Hall–Kier alpha value is -1.82. The summed E-state index contributed by atoms with van der Waals surface area (Å²) in [5, 5.41) is 2.47. The molecule has 0 spiro atoms. The summed E-state index contributed by atoms with van der Waals surface area (Å²) in [6.45, 7) is 13.9. The smallest absolute Gasteiger partial charge is 0.0112 e. The number of benzene rings is 1. The first kappa shape index (κ1) is 13.2. The van der Waals surface area contributed by atoms with Crippen molar-refractivity contribution in [3.8, 4) is 0 Å². The maximum atomic E-state index is 3.79. The van der Waals surface area contributed by atoms with Crippen molar-refractivity contribution in [2.24, 2.45) is 0 Å². The molecule has 88 valence electrons. The molecule has 0 saturated heterocycles. The van der Waals surface area contributed by atoms with Gasteiger partial charge in [-0.25, -0.2) is 0 Å². The van der Waals surface area contributed by atoms with Crippen LogP contribution in [0, 0.1) is 13.8 Å². The summed E-state index contributed by atoms with van der Waals surface area (Å²) in [5.41, 5.74) is 3.86. The van der Waals surface area contributed by atoms with Gasteiger partial charge < -0.3 is 0 Å². The van der Waals surface area contributed by atoms with Crippen LogP contribution in [0.5, 0.6) is 0 Å². The van der Waals surface area contributed by atoms with E-state index < -0.39 is 0 Å². The second-order valence-electron chi connectivity index (χ2n) is 4.02. The van der Waals surface area contributed by atoms with Gasteiger partial charge in [0.15, 0.2) is 0 Å². The van der Waals surface area contributed by atoms with Crippen molar-refractivity contribution in [1.82, 2.24) is 0 Å². The van der Waals surface area contributed by atoms with Crippen LogP contribution in [-0.4, -0.2) is 0 Å². The van der Waals surface area contributed by atoms with Gasteiger partial charge in [-0.2, -0.15) is 0 Å². The van der Waals surface area contributed by atoms with Crippen LogP contribution in [0.3, 0.4) is 0 Å². The topological polar surface area (TPSA) is 0 Å². The lowest BCUT2D eigenvalue weighted by atomic mass is 9.98. The summed E-state index contributed by atoms with van der Waals surface area (Å²) in [4.78, 5) is 0. The van der Waals surface area contributed by atoms with E-state index in [0.29, 0.717) is 0 Å². The number of hydrogen-bond acceptors (Lipinski definition) is 0. The van der Waals surface area contributed by atoms with Crippen LogP contribution in [-0.2, 0) is 0 Å². The molecule has 0 aliphatic carbocycles. The van der Waals surface area contributed by atoms with Crippen molar-refractivity contribution in [3.05, 3.63) is 64.6 Å². The maximum Gasteiger partial charge on any atom is -0.0112 e. The lowest BCUT2D eigenvalue weighted by Crippen LogP contribution is -2.28. The summed E-state index contributed by atoms with van der Waals surface area (Å²) in [6, 6.07) is 2.22. The highest BCUT2D eigenvalue weighted by Crippen LogP contribution is 2.08. The normalized spacial score (nSPS) is 13.4. The van der Waals surface area contributed by atoms with Gasteiger partial charge in [-0.1, -0.05) is 55.7 Å². The molecule has 0 unspecified atom stereocenters. The molecule has 17 heavy (non-hydrogen) atoms. The van der Waals surface area contributed by atoms with Crippen LogP contribution < -0.4 is 10.4 Å². The van der Waals surface area contributed by atoms with Gasteiger partial charge in [0.25, 0.3) is 0 Å². The monoisotopic (exact) mass is 224 g/mol. The van der Waals surface area contributed by atoms with Crippen LogP contribution in [0.15, 0.2) is 37.5 Å². The van der Waals surface area contributed by atoms with Crippen LogP contribution in [0.4, 0.5) is 0 Å². The van der Waals surface area contributed by atoms with Gasteiger partial charge >= 0.3 is 0 Å². The molecule has 0 fully saturated rings. The zero-order chi connectivity index (χ0) is 12.8. The maximum absolute atomic E-state index is 3.79. The van der Waals surface area contributed by atoms with Gasteiger partial charge in [0.05, 0.1) is 0 Å². The number of allylic oxidation sites excluding steroid dienone is 3. The number of hydrogen-bond donors (Lipinski definition) is 0. The summed E-state index contributed by atoms with van der Waals surface area (Å²) < 4.78 is 0. The van der Waals surface area contributed by atoms with Gasteiger partial charge in [0.2, 0.25) is 0 Å². The van der Waals surface area contributed by atoms with Gasteiger partial charge in [0, 0.05) is 0 Å². The Bertz CT molecular complexity index is 569. The summed E-state index contributed by atoms with van der Waals surface area (Å²) in [7, 11) is 0. The van der Waals surface area contributed by atoms with Crippen LogP contribution in [0.1, 0.15) is 23.6 Å². The molecule has 0 heterocycles. The van der Waals surface area contributed by atoms with Crippen molar-refractivity contribution in [2.75, 3.05) is 0 Å². The van der Waals surface area contributed by atoms with Crippen molar-refractivity contribution in [1.29, 1.82) is 0 Å². The first-order valence-corrected chi connectivity index (χ1v) is 5.84. The molecule has 0 saturated carbocycles. The standard InChI is InChI=1S/C17H20/c1-6-9-11-16-14(5)13(4)12-15(8-3)17(16)10-7-2/h6-12H,1-2H2,3-5H3/b11-9-,15-8-,17-10+. The fraction of sp³-hybridized carbons (Fsp3) is 0.176. The lowest BCUT2D eigenvalue weighted by Gasteiger charge is -2.07. The molecule has 1 aromatic carbocycles. The lowest BCUT2D eigenvalue weighted by molar-refractivity contribution is 1.28. The molecule has 0 heteroatoms. The predicted octanol–water partition coefficient (Wildman–Crippen LogP) is 3.27. The van der Waals surface area contributed by atoms with E-state index in [-0.39, 0.29) is 0 Å². The van der Waals surface area contributed by atoms with E-state index in [2.05, 4.69) is 58.2 Å². The molecule has 0 aliphatic rings. The first-order chi connectivity index (χ1) is 8.15. The minimum absolute atomic E-state index is 1.23. The molecule has 1 rings (SSSR count). The highest BCUT2D eigenvalue weighted by molar-refractivity contribution is 5.61. The van der Waals surface area contributed by atoms with Gasteiger partial charge in [-0.3, -0.25) is 0 Å². The molecule has 0 aliphatic heterocycles. The van der Waals surface area contributed by atoms with E-state index >= 15 is 0 Å². The minimum Gasteiger partial charge on any atom is -0.0991 e. The van der Waals surface area contributed by atoms with E-state index in [1.54, 1.807) is 6.08 Å². The quantitative estimate of drug-likeness (QED) is 0.691. The zero-order valence-corrected chi connectivity index (χ0v) is 11.0. The summed E-state index contributed by atoms with van der Waals surface area (Å²) in [6.07, 6.45) is 11.9. The SMILES string of the molecule is C=C/C=C\c1c(C)c(C)cc(=C/C)/c1=C\C=C. The molecule has 0 atom stereocenters. The van der Waals surface area contributed by atoms with Gasteiger partial charge in [-0.15, -0.1) is 0 Å². The van der Waals surface area contributed by atoms with E-state index in [9.17, 15) is 0 Å². The molecule has 0 amide bonds. The van der Waals surface area contributed by atoms with E-state index in [1.807, 2.05) is 12.2 Å². The Morgan fingerprint density at radius 1 is 1.12 bits per heavy atom. The van der Waals surface area contributed by atoms with Crippen LogP contribution in [0.25, 0.3) is 18.2 Å². The van der Waals surface area contributed by atoms with Gasteiger partial charge in [-0.05, 0) is 47.9 Å². The van der Waals surface area contributed by atoms with E-state index in [4.69, 9.17) is 0 Å².